The van der Waals surface area contributed by atoms with Crippen LogP contribution in [-0.4, -0.2) is 19.5 Å². The van der Waals surface area contributed by atoms with Gasteiger partial charge in [0.25, 0.3) is 15.9 Å². The van der Waals surface area contributed by atoms with Crippen molar-refractivity contribution in [1.29, 1.82) is 0 Å². The van der Waals surface area contributed by atoms with Crippen molar-refractivity contribution in [2.45, 2.75) is 11.8 Å². The van der Waals surface area contributed by atoms with Crippen LogP contribution in [0.15, 0.2) is 64.1 Å². The fraction of sp³-hybridized carbons (Fsp3) is 0.0588. The standard InChI is InChI=1S/C17H14FN3O4S/c1-11-16(10-19-25-11)17(22)20-13-5-3-6-14(9-13)21-26(23,24)15-7-2-4-12(18)8-15/h2-10,21H,1H3,(H,20,22). The SMILES string of the molecule is Cc1oncc1C(=O)Nc1cccc(NS(=O)(=O)c2cccc(F)c2)c1. The van der Waals surface area contributed by atoms with Gasteiger partial charge in [0.1, 0.15) is 17.1 Å². The molecule has 0 aliphatic rings. The molecule has 0 aliphatic heterocycles. The summed E-state index contributed by atoms with van der Waals surface area (Å²) < 4.78 is 45.1. The van der Waals surface area contributed by atoms with Crippen molar-refractivity contribution in [3.8, 4) is 0 Å². The summed E-state index contributed by atoms with van der Waals surface area (Å²) in [5.74, 6) is -0.725. The molecule has 0 bridgehead atoms. The topological polar surface area (TPSA) is 101 Å². The van der Waals surface area contributed by atoms with E-state index < -0.39 is 21.7 Å². The fourth-order valence-corrected chi connectivity index (χ4v) is 3.30. The molecule has 9 heteroatoms. The van der Waals surface area contributed by atoms with E-state index >= 15 is 0 Å². The van der Waals surface area contributed by atoms with Gasteiger partial charge in [-0.15, -0.1) is 0 Å². The first-order valence-corrected chi connectivity index (χ1v) is 8.94. The second-order valence-corrected chi connectivity index (χ2v) is 7.08. The number of sulfonamides is 1. The predicted octanol–water partition coefficient (Wildman–Crippen LogP) is 3.18. The third-order valence-corrected chi connectivity index (χ3v) is 4.85. The molecule has 1 amide bonds. The number of rotatable bonds is 5. The number of nitrogens with one attached hydrogen (secondary N) is 2. The van der Waals surface area contributed by atoms with Gasteiger partial charge in [0, 0.05) is 5.69 Å². The summed E-state index contributed by atoms with van der Waals surface area (Å²) in [5, 5.41) is 6.16. The number of carbonyl (C=O) groups is 1. The zero-order valence-electron chi connectivity index (χ0n) is 13.6. The van der Waals surface area contributed by atoms with Gasteiger partial charge in [0.2, 0.25) is 0 Å². The molecular weight excluding hydrogens is 361 g/mol. The molecule has 0 radical (unpaired) electrons. The fourth-order valence-electron chi connectivity index (χ4n) is 2.22. The van der Waals surface area contributed by atoms with Crippen LogP contribution >= 0.6 is 0 Å². The van der Waals surface area contributed by atoms with E-state index in [2.05, 4.69) is 15.2 Å². The Hall–Kier alpha value is -3.20. The minimum Gasteiger partial charge on any atom is -0.361 e. The Bertz CT molecular complexity index is 1060. The number of hydrogen-bond acceptors (Lipinski definition) is 5. The molecule has 3 aromatic rings. The summed E-state index contributed by atoms with van der Waals surface area (Å²) in [6.07, 6.45) is 1.29. The molecule has 0 atom stereocenters. The molecule has 1 aromatic heterocycles. The highest BCUT2D eigenvalue weighted by Gasteiger charge is 2.16. The maximum atomic E-state index is 13.3. The van der Waals surface area contributed by atoms with E-state index in [0.29, 0.717) is 11.4 Å². The Morgan fingerprint density at radius 2 is 1.85 bits per heavy atom. The lowest BCUT2D eigenvalue weighted by atomic mass is 10.2. The van der Waals surface area contributed by atoms with Crippen LogP contribution < -0.4 is 10.0 Å². The van der Waals surface area contributed by atoms with Gasteiger partial charge in [-0.2, -0.15) is 0 Å². The molecule has 0 unspecified atom stereocenters. The maximum absolute atomic E-state index is 13.3. The number of nitrogens with zero attached hydrogens (tertiary/aromatic N) is 1. The first-order valence-electron chi connectivity index (χ1n) is 7.46. The van der Waals surface area contributed by atoms with Gasteiger partial charge in [-0.1, -0.05) is 17.3 Å². The van der Waals surface area contributed by atoms with E-state index in [1.807, 2.05) is 0 Å². The lowest BCUT2D eigenvalue weighted by Gasteiger charge is -2.10. The molecule has 134 valence electrons. The van der Waals surface area contributed by atoms with Crippen molar-refractivity contribution < 1.29 is 22.1 Å². The molecule has 0 saturated carbocycles. The number of amides is 1. The highest BCUT2D eigenvalue weighted by atomic mass is 32.2. The van der Waals surface area contributed by atoms with Crippen LogP contribution in [0.5, 0.6) is 0 Å². The summed E-state index contributed by atoms with van der Waals surface area (Å²) in [7, 11) is -3.96. The largest absolute Gasteiger partial charge is 0.361 e. The number of halogens is 1. The van der Waals surface area contributed by atoms with E-state index in [9.17, 15) is 17.6 Å². The number of benzene rings is 2. The highest BCUT2D eigenvalue weighted by molar-refractivity contribution is 7.92. The second-order valence-electron chi connectivity index (χ2n) is 5.39. The Balaban J connectivity index is 1.79. The van der Waals surface area contributed by atoms with Crippen LogP contribution in [-0.2, 0) is 10.0 Å². The second kappa shape index (κ2) is 6.96. The van der Waals surface area contributed by atoms with Crippen LogP contribution in [0.1, 0.15) is 16.1 Å². The van der Waals surface area contributed by atoms with E-state index in [-0.39, 0.29) is 16.1 Å². The summed E-state index contributed by atoms with van der Waals surface area (Å²) in [5.41, 5.74) is 0.861. The van der Waals surface area contributed by atoms with Crippen LogP contribution in [0.2, 0.25) is 0 Å². The Labute approximate surface area is 148 Å². The molecule has 3 rings (SSSR count). The summed E-state index contributed by atoms with van der Waals surface area (Å²) >= 11 is 0. The van der Waals surface area contributed by atoms with Gasteiger partial charge in [-0.3, -0.25) is 9.52 Å². The van der Waals surface area contributed by atoms with Crippen LogP contribution in [0.3, 0.4) is 0 Å². The van der Waals surface area contributed by atoms with Gasteiger partial charge < -0.3 is 9.84 Å². The molecule has 7 nitrogen and oxygen atoms in total. The number of anilines is 2. The minimum absolute atomic E-state index is 0.202. The third-order valence-electron chi connectivity index (χ3n) is 3.47. The lowest BCUT2D eigenvalue weighted by Crippen LogP contribution is -2.14. The van der Waals surface area contributed by atoms with Gasteiger partial charge in [0.15, 0.2) is 0 Å². The maximum Gasteiger partial charge on any atom is 0.261 e. The Morgan fingerprint density at radius 1 is 1.12 bits per heavy atom. The predicted molar refractivity (Wildman–Crippen MR) is 92.8 cm³/mol. The first kappa shape index (κ1) is 17.6. The quantitative estimate of drug-likeness (QED) is 0.713. The first-order chi connectivity index (χ1) is 12.3. The molecule has 2 aromatic carbocycles. The lowest BCUT2D eigenvalue weighted by molar-refractivity contribution is 0.102. The summed E-state index contributed by atoms with van der Waals surface area (Å²) in [4.78, 5) is 12.0. The molecule has 0 aliphatic carbocycles. The van der Waals surface area contributed by atoms with Gasteiger partial charge in [-0.25, -0.2) is 12.8 Å². The van der Waals surface area contributed by atoms with Gasteiger partial charge in [0.05, 0.1) is 16.8 Å². The molecule has 1 heterocycles. The highest BCUT2D eigenvalue weighted by Crippen LogP contribution is 2.21. The molecular formula is C17H14FN3O4S. The van der Waals surface area contributed by atoms with Crippen molar-refractivity contribution in [2.24, 2.45) is 0 Å². The molecule has 2 N–H and O–H groups in total. The number of carbonyl (C=O) groups excluding carboxylic acids is 1. The van der Waals surface area contributed by atoms with Crippen molar-refractivity contribution in [3.63, 3.8) is 0 Å². The van der Waals surface area contributed by atoms with E-state index in [1.54, 1.807) is 19.1 Å². The summed E-state index contributed by atoms with van der Waals surface area (Å²) in [6.45, 7) is 1.60. The van der Waals surface area contributed by atoms with Crippen LogP contribution in [0.4, 0.5) is 15.8 Å². The molecule has 0 saturated heterocycles. The summed E-state index contributed by atoms with van der Waals surface area (Å²) in [6, 6.07) is 10.8. The van der Waals surface area contributed by atoms with Gasteiger partial charge in [-0.05, 0) is 43.3 Å². The van der Waals surface area contributed by atoms with E-state index in [0.717, 1.165) is 12.1 Å². The molecule has 0 spiro atoms. The zero-order valence-corrected chi connectivity index (χ0v) is 14.4. The Morgan fingerprint density at radius 3 is 2.54 bits per heavy atom. The van der Waals surface area contributed by atoms with Crippen molar-refractivity contribution >= 4 is 27.3 Å². The number of aromatic nitrogens is 1. The Kier molecular flexibility index (Phi) is 4.72. The number of hydrogen-bond donors (Lipinski definition) is 2. The third kappa shape index (κ3) is 3.89. The van der Waals surface area contributed by atoms with E-state index in [4.69, 9.17) is 4.52 Å². The van der Waals surface area contributed by atoms with Gasteiger partial charge >= 0.3 is 0 Å². The zero-order chi connectivity index (χ0) is 18.7. The monoisotopic (exact) mass is 375 g/mol. The van der Waals surface area contributed by atoms with E-state index in [1.165, 1.54) is 30.5 Å². The van der Waals surface area contributed by atoms with Crippen molar-refractivity contribution in [3.05, 3.63) is 71.9 Å². The average molecular weight is 375 g/mol. The average Bonchev–Trinajstić information content (AvgIpc) is 3.01. The van der Waals surface area contributed by atoms with Crippen LogP contribution in [0.25, 0.3) is 0 Å². The number of aryl methyl sites for hydroxylation is 1. The normalized spacial score (nSPS) is 11.2. The van der Waals surface area contributed by atoms with Crippen LogP contribution in [0, 0.1) is 12.7 Å². The molecule has 0 fully saturated rings. The van der Waals surface area contributed by atoms with Crippen molar-refractivity contribution in [2.75, 3.05) is 10.0 Å². The van der Waals surface area contributed by atoms with Crippen molar-refractivity contribution in [1.82, 2.24) is 5.16 Å². The smallest absolute Gasteiger partial charge is 0.261 e. The molecule has 26 heavy (non-hydrogen) atoms. The minimum atomic E-state index is -3.96.